The number of hydrogen-bond acceptors (Lipinski definition) is 5. The molecule has 0 amide bonds. The number of methoxy groups -OCH3 is 2. The topological polar surface area (TPSA) is 73.4 Å². The van der Waals surface area contributed by atoms with E-state index in [-0.39, 0.29) is 5.78 Å². The first-order valence-corrected chi connectivity index (χ1v) is 8.54. The lowest BCUT2D eigenvalue weighted by atomic mass is 9.98. The van der Waals surface area contributed by atoms with Crippen LogP contribution in [0.15, 0.2) is 48.9 Å². The lowest BCUT2D eigenvalue weighted by Crippen LogP contribution is -2.07. The number of ketones is 1. The Labute approximate surface area is 158 Å². The van der Waals surface area contributed by atoms with Crippen molar-refractivity contribution in [1.29, 1.82) is 0 Å². The minimum Gasteiger partial charge on any atom is -0.493 e. The molecule has 1 heterocycles. The van der Waals surface area contributed by atoms with Gasteiger partial charge >= 0.3 is 0 Å². The minimum atomic E-state index is -0.0771. The van der Waals surface area contributed by atoms with Gasteiger partial charge in [0.15, 0.2) is 11.5 Å². The quantitative estimate of drug-likeness (QED) is 0.616. The summed E-state index contributed by atoms with van der Waals surface area (Å²) in [6.45, 7) is 2.77. The summed E-state index contributed by atoms with van der Waals surface area (Å²) in [5.41, 5.74) is 3.98. The fraction of sp³-hybridized carbons (Fsp3) is 0.238. The molecule has 2 aromatic carbocycles. The number of benzene rings is 2. The van der Waals surface area contributed by atoms with Crippen molar-refractivity contribution in [3.8, 4) is 11.5 Å². The van der Waals surface area contributed by atoms with Crippen LogP contribution in [-0.2, 0) is 18.0 Å². The van der Waals surface area contributed by atoms with Gasteiger partial charge in [0.25, 0.3) is 0 Å². The molecule has 27 heavy (non-hydrogen) atoms. The molecule has 140 valence electrons. The summed E-state index contributed by atoms with van der Waals surface area (Å²) in [4.78, 5) is 19.3. The van der Waals surface area contributed by atoms with E-state index in [0.29, 0.717) is 36.0 Å². The van der Waals surface area contributed by atoms with E-state index in [1.807, 2.05) is 43.3 Å². The van der Waals surface area contributed by atoms with Crippen molar-refractivity contribution in [3.05, 3.63) is 76.9 Å². The fourth-order valence-electron chi connectivity index (χ4n) is 2.86. The Hall–Kier alpha value is -3.12. The number of nitrogens with one attached hydrogen (secondary N) is 1. The van der Waals surface area contributed by atoms with Crippen molar-refractivity contribution in [2.45, 2.75) is 20.1 Å². The zero-order chi connectivity index (χ0) is 19.2. The molecule has 0 aliphatic rings. The zero-order valence-corrected chi connectivity index (χ0v) is 15.6. The van der Waals surface area contributed by atoms with E-state index in [9.17, 15) is 4.79 Å². The maximum atomic E-state index is 12.6. The largest absolute Gasteiger partial charge is 0.493 e. The molecule has 0 unspecified atom stereocenters. The monoisotopic (exact) mass is 366 g/mol. The van der Waals surface area contributed by atoms with Crippen LogP contribution >= 0.6 is 0 Å². The Morgan fingerprint density at radius 3 is 2.59 bits per heavy atom. The summed E-state index contributed by atoms with van der Waals surface area (Å²) in [7, 11) is 3.21. The van der Waals surface area contributed by atoms with E-state index in [1.54, 1.807) is 14.2 Å². The summed E-state index contributed by atoms with van der Waals surface area (Å²) in [5.74, 6) is 1.27. The Balaban J connectivity index is 1.68. The van der Waals surface area contributed by atoms with Gasteiger partial charge in [-0.25, -0.2) is 4.98 Å². The van der Waals surface area contributed by atoms with Gasteiger partial charge in [-0.05, 0) is 35.7 Å². The van der Waals surface area contributed by atoms with Crippen LogP contribution in [0.1, 0.15) is 32.7 Å². The number of carbonyl (C=O) groups is 1. The van der Waals surface area contributed by atoms with Gasteiger partial charge in [-0.15, -0.1) is 0 Å². The molecular weight excluding hydrogens is 344 g/mol. The van der Waals surface area contributed by atoms with E-state index in [2.05, 4.69) is 9.97 Å². The highest BCUT2D eigenvalue weighted by Gasteiger charge is 2.15. The molecule has 1 N–H and O–H groups in total. The highest BCUT2D eigenvalue weighted by atomic mass is 16.5. The molecule has 0 fully saturated rings. The number of nitrogens with zero attached hydrogens (tertiary/aromatic N) is 1. The lowest BCUT2D eigenvalue weighted by Gasteiger charge is -2.12. The van der Waals surface area contributed by atoms with Crippen LogP contribution in [0.2, 0.25) is 0 Å². The third kappa shape index (κ3) is 4.17. The Morgan fingerprint density at radius 2 is 1.89 bits per heavy atom. The van der Waals surface area contributed by atoms with Gasteiger partial charge in [0.1, 0.15) is 5.69 Å². The molecule has 0 saturated carbocycles. The van der Waals surface area contributed by atoms with Gasteiger partial charge in [0.2, 0.25) is 5.78 Å². The van der Waals surface area contributed by atoms with E-state index < -0.39 is 0 Å². The summed E-state index contributed by atoms with van der Waals surface area (Å²) in [6, 6.07) is 11.3. The summed E-state index contributed by atoms with van der Waals surface area (Å²) >= 11 is 0. The third-order valence-electron chi connectivity index (χ3n) is 4.41. The predicted molar refractivity (Wildman–Crippen MR) is 101 cm³/mol. The number of aromatic nitrogens is 2. The molecule has 0 radical (unpaired) electrons. The molecule has 0 bridgehead atoms. The highest BCUT2D eigenvalue weighted by molar-refractivity contribution is 6.08. The lowest BCUT2D eigenvalue weighted by molar-refractivity contribution is 0.102. The second kappa shape index (κ2) is 8.51. The highest BCUT2D eigenvalue weighted by Crippen LogP contribution is 2.28. The molecule has 0 spiro atoms. The second-order valence-corrected chi connectivity index (χ2v) is 6.07. The Morgan fingerprint density at radius 1 is 1.07 bits per heavy atom. The number of imidazole rings is 1. The van der Waals surface area contributed by atoms with Gasteiger partial charge in [-0.3, -0.25) is 4.79 Å². The van der Waals surface area contributed by atoms with Gasteiger partial charge in [-0.1, -0.05) is 24.3 Å². The number of hydrogen-bond donors (Lipinski definition) is 1. The summed E-state index contributed by atoms with van der Waals surface area (Å²) < 4.78 is 16.4. The third-order valence-corrected chi connectivity index (χ3v) is 4.41. The maximum absolute atomic E-state index is 12.6. The molecular formula is C21H22N2O4. The number of aromatic amines is 1. The molecule has 6 nitrogen and oxygen atoms in total. The fourth-order valence-corrected chi connectivity index (χ4v) is 2.86. The first-order chi connectivity index (χ1) is 13.1. The van der Waals surface area contributed by atoms with Crippen molar-refractivity contribution in [1.82, 2.24) is 9.97 Å². The van der Waals surface area contributed by atoms with E-state index in [0.717, 1.165) is 16.7 Å². The first-order valence-electron chi connectivity index (χ1n) is 8.54. The van der Waals surface area contributed by atoms with Gasteiger partial charge < -0.3 is 19.2 Å². The average Bonchev–Trinajstić information content (AvgIpc) is 3.23. The Bertz CT molecular complexity index is 920. The number of carbonyl (C=O) groups excluding carboxylic acids is 1. The van der Waals surface area contributed by atoms with Crippen LogP contribution in [0.4, 0.5) is 0 Å². The van der Waals surface area contributed by atoms with Crippen molar-refractivity contribution < 1.29 is 19.0 Å². The van der Waals surface area contributed by atoms with Gasteiger partial charge in [0, 0.05) is 5.56 Å². The second-order valence-electron chi connectivity index (χ2n) is 6.07. The van der Waals surface area contributed by atoms with Crippen molar-refractivity contribution >= 4 is 5.78 Å². The molecule has 0 aliphatic heterocycles. The van der Waals surface area contributed by atoms with Crippen LogP contribution in [0.25, 0.3) is 0 Å². The SMILES string of the molecule is COc1ccc(COCc2cccc(C(=O)c3cnc[nH]3)c2C)cc1OC. The average molecular weight is 366 g/mol. The van der Waals surface area contributed by atoms with Crippen LogP contribution in [0.3, 0.4) is 0 Å². The first kappa shape index (κ1) is 18.7. The smallest absolute Gasteiger partial charge is 0.211 e. The van der Waals surface area contributed by atoms with E-state index >= 15 is 0 Å². The molecule has 3 rings (SSSR count). The van der Waals surface area contributed by atoms with Crippen LogP contribution < -0.4 is 9.47 Å². The molecule has 0 saturated heterocycles. The van der Waals surface area contributed by atoms with Gasteiger partial charge in [-0.2, -0.15) is 0 Å². The minimum absolute atomic E-state index is 0.0771. The van der Waals surface area contributed by atoms with E-state index in [4.69, 9.17) is 14.2 Å². The number of rotatable bonds is 8. The molecule has 6 heteroatoms. The number of ether oxygens (including phenoxy) is 3. The van der Waals surface area contributed by atoms with Crippen molar-refractivity contribution in [3.63, 3.8) is 0 Å². The predicted octanol–water partition coefficient (Wildman–Crippen LogP) is 3.68. The zero-order valence-electron chi connectivity index (χ0n) is 15.6. The van der Waals surface area contributed by atoms with Crippen molar-refractivity contribution in [2.24, 2.45) is 0 Å². The van der Waals surface area contributed by atoms with Crippen LogP contribution in [-0.4, -0.2) is 30.0 Å². The summed E-state index contributed by atoms with van der Waals surface area (Å²) in [6.07, 6.45) is 3.03. The van der Waals surface area contributed by atoms with Gasteiger partial charge in [0.05, 0.1) is 40.0 Å². The molecule has 0 aliphatic carbocycles. The molecule has 3 aromatic rings. The summed E-state index contributed by atoms with van der Waals surface area (Å²) in [5, 5.41) is 0. The standard InChI is InChI=1S/C21H22N2O4/c1-14-16(5-4-6-17(14)21(24)18-10-22-13-23-18)12-27-11-15-7-8-19(25-2)20(9-15)26-3/h4-10,13H,11-12H2,1-3H3,(H,22,23). The molecule has 1 aromatic heterocycles. The molecule has 0 atom stereocenters. The van der Waals surface area contributed by atoms with Crippen LogP contribution in [0.5, 0.6) is 11.5 Å². The maximum Gasteiger partial charge on any atom is 0.211 e. The van der Waals surface area contributed by atoms with E-state index in [1.165, 1.54) is 12.5 Å². The normalized spacial score (nSPS) is 10.6. The van der Waals surface area contributed by atoms with Crippen molar-refractivity contribution in [2.75, 3.05) is 14.2 Å². The van der Waals surface area contributed by atoms with Crippen LogP contribution in [0, 0.1) is 6.92 Å². The Kier molecular flexibility index (Phi) is 5.88. The number of H-pyrrole nitrogens is 1.